The molecule has 1 saturated heterocycles. The van der Waals surface area contributed by atoms with Crippen LogP contribution in [-0.4, -0.2) is 39.6 Å². The van der Waals surface area contributed by atoms with Crippen molar-refractivity contribution in [3.63, 3.8) is 0 Å². The van der Waals surface area contributed by atoms with E-state index in [1.165, 1.54) is 0 Å². The van der Waals surface area contributed by atoms with Crippen molar-refractivity contribution in [2.75, 3.05) is 18.0 Å². The van der Waals surface area contributed by atoms with Crippen molar-refractivity contribution < 1.29 is 18.0 Å². The van der Waals surface area contributed by atoms with Gasteiger partial charge in [-0.3, -0.25) is 4.79 Å². The minimum absolute atomic E-state index is 0.00681. The third-order valence-electron chi connectivity index (χ3n) is 5.46. The lowest BCUT2D eigenvalue weighted by Crippen LogP contribution is -2.45. The van der Waals surface area contributed by atoms with Crippen LogP contribution in [0, 0.1) is 0 Å². The Morgan fingerprint density at radius 2 is 1.93 bits per heavy atom. The maximum atomic E-state index is 12.9. The number of para-hydroxylation sites is 1. The Bertz CT molecular complexity index is 1050. The molecule has 1 amide bonds. The molecule has 0 atom stereocenters. The van der Waals surface area contributed by atoms with Crippen molar-refractivity contribution in [1.82, 2.24) is 19.9 Å². The topological polar surface area (TPSA) is 63.1 Å². The first-order valence-corrected chi connectivity index (χ1v) is 9.78. The maximum absolute atomic E-state index is 12.9. The number of amides is 1. The van der Waals surface area contributed by atoms with Crippen molar-refractivity contribution >= 4 is 22.6 Å². The van der Waals surface area contributed by atoms with Crippen LogP contribution in [0.25, 0.3) is 10.9 Å². The first-order valence-electron chi connectivity index (χ1n) is 9.78. The second-order valence-corrected chi connectivity index (χ2v) is 7.55. The van der Waals surface area contributed by atoms with E-state index in [1.807, 2.05) is 42.1 Å². The van der Waals surface area contributed by atoms with Gasteiger partial charge in [-0.15, -0.1) is 0 Å². The van der Waals surface area contributed by atoms with Gasteiger partial charge < -0.3 is 14.8 Å². The number of carbonyl (C=O) groups is 1. The van der Waals surface area contributed by atoms with Crippen LogP contribution in [0.4, 0.5) is 19.0 Å². The number of piperidine rings is 1. The minimum Gasteiger partial charge on any atom is -0.356 e. The van der Waals surface area contributed by atoms with Gasteiger partial charge in [-0.25, -0.2) is 9.97 Å². The molecular weight excluding hydrogens is 395 g/mol. The summed E-state index contributed by atoms with van der Waals surface area (Å²) in [6.07, 6.45) is 0.00365. The Hall–Kier alpha value is -3.10. The summed E-state index contributed by atoms with van der Waals surface area (Å²) in [5.74, 6) is 0.212. The highest BCUT2D eigenvalue weighted by atomic mass is 19.4. The number of aryl methyl sites for hydroxylation is 1. The fourth-order valence-electron chi connectivity index (χ4n) is 3.95. The van der Waals surface area contributed by atoms with E-state index < -0.39 is 11.9 Å². The zero-order chi connectivity index (χ0) is 21.3. The van der Waals surface area contributed by atoms with Gasteiger partial charge in [0.2, 0.25) is 5.91 Å². The molecule has 0 aliphatic carbocycles. The third-order valence-corrected chi connectivity index (χ3v) is 5.46. The van der Waals surface area contributed by atoms with Crippen LogP contribution in [-0.2, 0) is 24.4 Å². The molecule has 158 valence electrons. The lowest BCUT2D eigenvalue weighted by Gasteiger charge is -2.33. The standard InChI is InChI=1S/C21H22F3N5O/c1-28-12-14(16-4-2-3-5-17(16)28)10-20(30)27-15-6-8-29(9-7-15)19-11-18(21(22,23)24)25-13-26-19/h2-5,11-13,15H,6-10H2,1H3,(H,27,30). The second kappa shape index (κ2) is 7.97. The number of rotatable bonds is 4. The van der Waals surface area contributed by atoms with E-state index in [0.29, 0.717) is 32.4 Å². The van der Waals surface area contributed by atoms with Gasteiger partial charge in [0.05, 0.1) is 6.42 Å². The highest BCUT2D eigenvalue weighted by molar-refractivity contribution is 5.89. The molecule has 2 aromatic heterocycles. The Labute approximate surface area is 171 Å². The Morgan fingerprint density at radius 1 is 1.20 bits per heavy atom. The second-order valence-electron chi connectivity index (χ2n) is 7.55. The molecule has 1 N–H and O–H groups in total. The van der Waals surface area contributed by atoms with Gasteiger partial charge in [0.15, 0.2) is 0 Å². The molecule has 3 aromatic rings. The predicted molar refractivity (Wildman–Crippen MR) is 107 cm³/mol. The molecular formula is C21H22F3N5O. The Morgan fingerprint density at radius 3 is 2.67 bits per heavy atom. The molecule has 1 fully saturated rings. The molecule has 0 bridgehead atoms. The van der Waals surface area contributed by atoms with Gasteiger partial charge in [0.25, 0.3) is 0 Å². The summed E-state index contributed by atoms with van der Waals surface area (Å²) in [5.41, 5.74) is 1.11. The van der Waals surface area contributed by atoms with Crippen LogP contribution in [0.3, 0.4) is 0 Å². The maximum Gasteiger partial charge on any atom is 0.433 e. The molecule has 9 heteroatoms. The fraction of sp³-hybridized carbons (Fsp3) is 0.381. The zero-order valence-electron chi connectivity index (χ0n) is 16.5. The average Bonchev–Trinajstić information content (AvgIpc) is 3.04. The summed E-state index contributed by atoms with van der Waals surface area (Å²) in [4.78, 5) is 21.6. The molecule has 0 unspecified atom stereocenters. The largest absolute Gasteiger partial charge is 0.433 e. The van der Waals surface area contributed by atoms with Crippen LogP contribution >= 0.6 is 0 Å². The van der Waals surface area contributed by atoms with E-state index in [0.717, 1.165) is 28.9 Å². The predicted octanol–water partition coefficient (Wildman–Crippen LogP) is 3.31. The van der Waals surface area contributed by atoms with Crippen molar-refractivity contribution in [3.05, 3.63) is 54.1 Å². The van der Waals surface area contributed by atoms with Crippen LogP contribution in [0.5, 0.6) is 0 Å². The number of alkyl halides is 3. The third kappa shape index (κ3) is 4.24. The summed E-state index contributed by atoms with van der Waals surface area (Å²) in [5, 5.41) is 4.13. The number of nitrogens with zero attached hydrogens (tertiary/aromatic N) is 4. The van der Waals surface area contributed by atoms with Gasteiger partial charge in [0.1, 0.15) is 17.8 Å². The molecule has 1 aliphatic heterocycles. The summed E-state index contributed by atoms with van der Waals surface area (Å²) < 4.78 is 40.6. The number of nitrogens with one attached hydrogen (secondary N) is 1. The highest BCUT2D eigenvalue weighted by Gasteiger charge is 2.33. The van der Waals surface area contributed by atoms with Crippen molar-refractivity contribution in [2.45, 2.75) is 31.5 Å². The molecule has 0 spiro atoms. The Kier molecular flexibility index (Phi) is 5.36. The van der Waals surface area contributed by atoms with E-state index in [-0.39, 0.29) is 17.8 Å². The molecule has 1 aromatic carbocycles. The van der Waals surface area contributed by atoms with Crippen LogP contribution in [0.1, 0.15) is 24.1 Å². The van der Waals surface area contributed by atoms with Gasteiger partial charge in [0, 0.05) is 49.3 Å². The van der Waals surface area contributed by atoms with Crippen molar-refractivity contribution in [3.8, 4) is 0 Å². The van der Waals surface area contributed by atoms with E-state index in [2.05, 4.69) is 15.3 Å². The van der Waals surface area contributed by atoms with Crippen LogP contribution in [0.2, 0.25) is 0 Å². The van der Waals surface area contributed by atoms with Gasteiger partial charge >= 0.3 is 6.18 Å². The van der Waals surface area contributed by atoms with E-state index in [4.69, 9.17) is 0 Å². The number of aromatic nitrogens is 3. The van der Waals surface area contributed by atoms with Crippen LogP contribution < -0.4 is 10.2 Å². The number of carbonyl (C=O) groups excluding carboxylic acids is 1. The summed E-state index contributed by atoms with van der Waals surface area (Å²) in [6.45, 7) is 1.04. The zero-order valence-corrected chi connectivity index (χ0v) is 16.5. The van der Waals surface area contributed by atoms with E-state index >= 15 is 0 Å². The Balaban J connectivity index is 1.34. The van der Waals surface area contributed by atoms with E-state index in [1.54, 1.807) is 4.90 Å². The molecule has 1 aliphatic rings. The van der Waals surface area contributed by atoms with Gasteiger partial charge in [-0.2, -0.15) is 13.2 Å². The first kappa shape index (κ1) is 20.2. The normalized spacial score (nSPS) is 15.5. The number of halogens is 3. The van der Waals surface area contributed by atoms with Crippen LogP contribution in [0.15, 0.2) is 42.9 Å². The molecule has 0 saturated carbocycles. The SMILES string of the molecule is Cn1cc(CC(=O)NC2CCN(c3cc(C(F)(F)F)ncn3)CC2)c2ccccc21. The molecule has 4 rings (SSSR count). The first-order chi connectivity index (χ1) is 14.3. The lowest BCUT2D eigenvalue weighted by molar-refractivity contribution is -0.141. The summed E-state index contributed by atoms with van der Waals surface area (Å²) in [7, 11) is 1.96. The number of fused-ring (bicyclic) bond motifs is 1. The molecule has 6 nitrogen and oxygen atoms in total. The molecule has 30 heavy (non-hydrogen) atoms. The quantitative estimate of drug-likeness (QED) is 0.708. The van der Waals surface area contributed by atoms with Gasteiger partial charge in [-0.05, 0) is 24.5 Å². The van der Waals surface area contributed by atoms with Crippen molar-refractivity contribution in [2.24, 2.45) is 7.05 Å². The molecule has 3 heterocycles. The molecule has 0 radical (unpaired) electrons. The highest BCUT2D eigenvalue weighted by Crippen LogP contribution is 2.29. The minimum atomic E-state index is -4.49. The number of hydrogen-bond acceptors (Lipinski definition) is 4. The number of benzene rings is 1. The monoisotopic (exact) mass is 417 g/mol. The number of hydrogen-bond donors (Lipinski definition) is 1. The van der Waals surface area contributed by atoms with Gasteiger partial charge in [-0.1, -0.05) is 18.2 Å². The fourth-order valence-corrected chi connectivity index (χ4v) is 3.95. The van der Waals surface area contributed by atoms with Crippen molar-refractivity contribution in [1.29, 1.82) is 0 Å². The average molecular weight is 417 g/mol. The lowest BCUT2D eigenvalue weighted by atomic mass is 10.0. The number of anilines is 1. The summed E-state index contributed by atoms with van der Waals surface area (Å²) in [6, 6.07) is 8.91. The van der Waals surface area contributed by atoms with E-state index in [9.17, 15) is 18.0 Å². The summed E-state index contributed by atoms with van der Waals surface area (Å²) >= 11 is 0. The smallest absolute Gasteiger partial charge is 0.356 e.